The Bertz CT molecular complexity index is 471. The molecule has 0 saturated carbocycles. The summed E-state index contributed by atoms with van der Waals surface area (Å²) in [6.07, 6.45) is 1.69. The maximum absolute atomic E-state index is 12.3. The molecule has 122 valence electrons. The van der Waals surface area contributed by atoms with Gasteiger partial charge in [0.15, 0.2) is 0 Å². The van der Waals surface area contributed by atoms with E-state index in [9.17, 15) is 4.79 Å². The van der Waals surface area contributed by atoms with Crippen molar-refractivity contribution in [3.05, 3.63) is 23.9 Å². The number of aromatic nitrogens is 1. The molecule has 1 amide bonds. The molecule has 0 bridgehead atoms. The van der Waals surface area contributed by atoms with Gasteiger partial charge >= 0.3 is 0 Å². The summed E-state index contributed by atoms with van der Waals surface area (Å²) in [5.41, 5.74) is 0.688. The van der Waals surface area contributed by atoms with E-state index in [0.717, 1.165) is 58.3 Å². The standard InChI is InChI=1S/C16H26N4O2/c1-3-20(4-2)16(21)14-5-6-17-15(13-14)18-7-8-19-9-11-22-12-10-19/h5-6,13H,3-4,7-12H2,1-2H3,(H,17,18). The highest BCUT2D eigenvalue weighted by atomic mass is 16.5. The second kappa shape index (κ2) is 8.70. The summed E-state index contributed by atoms with van der Waals surface area (Å²) in [5, 5.41) is 3.30. The van der Waals surface area contributed by atoms with Crippen LogP contribution in [0.3, 0.4) is 0 Å². The van der Waals surface area contributed by atoms with Gasteiger partial charge in [0.05, 0.1) is 13.2 Å². The molecule has 6 heteroatoms. The molecule has 1 N–H and O–H groups in total. The summed E-state index contributed by atoms with van der Waals surface area (Å²) in [5.74, 6) is 0.815. The highest BCUT2D eigenvalue weighted by Crippen LogP contribution is 2.10. The number of morpholine rings is 1. The summed E-state index contributed by atoms with van der Waals surface area (Å²) in [6.45, 7) is 10.8. The fourth-order valence-electron chi connectivity index (χ4n) is 2.52. The SMILES string of the molecule is CCN(CC)C(=O)c1ccnc(NCCN2CCOCC2)c1. The zero-order valence-electron chi connectivity index (χ0n) is 13.5. The van der Waals surface area contributed by atoms with Crippen molar-refractivity contribution in [2.45, 2.75) is 13.8 Å². The van der Waals surface area contributed by atoms with E-state index in [1.165, 1.54) is 0 Å². The van der Waals surface area contributed by atoms with E-state index in [1.54, 1.807) is 12.3 Å². The number of anilines is 1. The van der Waals surface area contributed by atoms with Gasteiger partial charge in [-0.05, 0) is 26.0 Å². The number of amides is 1. The van der Waals surface area contributed by atoms with Crippen LogP contribution < -0.4 is 5.32 Å². The molecular weight excluding hydrogens is 280 g/mol. The monoisotopic (exact) mass is 306 g/mol. The second-order valence-corrected chi connectivity index (χ2v) is 5.29. The number of carbonyl (C=O) groups excluding carboxylic acids is 1. The van der Waals surface area contributed by atoms with Crippen LogP contribution in [0.4, 0.5) is 5.82 Å². The third kappa shape index (κ3) is 4.68. The molecule has 1 aliphatic heterocycles. The molecule has 0 radical (unpaired) electrons. The number of nitrogens with zero attached hydrogens (tertiary/aromatic N) is 3. The van der Waals surface area contributed by atoms with Crippen LogP contribution >= 0.6 is 0 Å². The normalized spacial score (nSPS) is 15.5. The van der Waals surface area contributed by atoms with E-state index in [1.807, 2.05) is 24.8 Å². The van der Waals surface area contributed by atoms with E-state index < -0.39 is 0 Å². The molecule has 1 fully saturated rings. The Labute approximate surface area is 132 Å². The van der Waals surface area contributed by atoms with Crippen LogP contribution in [-0.4, -0.2) is 73.2 Å². The molecule has 2 heterocycles. The number of hydrogen-bond donors (Lipinski definition) is 1. The van der Waals surface area contributed by atoms with Gasteiger partial charge in [0.2, 0.25) is 0 Å². The van der Waals surface area contributed by atoms with Crippen LogP contribution in [0, 0.1) is 0 Å². The lowest BCUT2D eigenvalue weighted by molar-refractivity contribution is 0.0398. The Balaban J connectivity index is 1.86. The molecule has 1 saturated heterocycles. The number of hydrogen-bond acceptors (Lipinski definition) is 5. The van der Waals surface area contributed by atoms with Crippen molar-refractivity contribution in [1.82, 2.24) is 14.8 Å². The first-order valence-corrected chi connectivity index (χ1v) is 8.04. The third-order valence-corrected chi connectivity index (χ3v) is 3.90. The smallest absolute Gasteiger partial charge is 0.254 e. The van der Waals surface area contributed by atoms with Crippen molar-refractivity contribution >= 4 is 11.7 Å². The number of pyridine rings is 1. The van der Waals surface area contributed by atoms with Crippen molar-refractivity contribution in [2.75, 3.05) is 57.8 Å². The molecule has 1 aromatic rings. The van der Waals surface area contributed by atoms with Gasteiger partial charge < -0.3 is 15.0 Å². The lowest BCUT2D eigenvalue weighted by Crippen LogP contribution is -2.39. The number of nitrogens with one attached hydrogen (secondary N) is 1. The molecule has 22 heavy (non-hydrogen) atoms. The van der Waals surface area contributed by atoms with Crippen molar-refractivity contribution < 1.29 is 9.53 Å². The molecule has 1 aromatic heterocycles. The summed E-state index contributed by atoms with van der Waals surface area (Å²) < 4.78 is 5.33. The molecule has 0 spiro atoms. The highest BCUT2D eigenvalue weighted by molar-refractivity contribution is 5.94. The summed E-state index contributed by atoms with van der Waals surface area (Å²) >= 11 is 0. The van der Waals surface area contributed by atoms with Gasteiger partial charge in [-0.25, -0.2) is 4.98 Å². The summed E-state index contributed by atoms with van der Waals surface area (Å²) in [6, 6.07) is 3.60. The maximum atomic E-state index is 12.3. The zero-order valence-corrected chi connectivity index (χ0v) is 13.5. The molecule has 2 rings (SSSR count). The zero-order chi connectivity index (χ0) is 15.8. The molecule has 0 aliphatic carbocycles. The Kier molecular flexibility index (Phi) is 6.61. The predicted octanol–water partition coefficient (Wildman–Crippen LogP) is 1.31. The molecule has 0 aromatic carbocycles. The quantitative estimate of drug-likeness (QED) is 0.823. The second-order valence-electron chi connectivity index (χ2n) is 5.29. The van der Waals surface area contributed by atoms with Crippen molar-refractivity contribution in [3.8, 4) is 0 Å². The largest absolute Gasteiger partial charge is 0.379 e. The lowest BCUT2D eigenvalue weighted by atomic mass is 10.2. The minimum absolute atomic E-state index is 0.0589. The predicted molar refractivity (Wildman–Crippen MR) is 87.2 cm³/mol. The van der Waals surface area contributed by atoms with Gasteiger partial charge in [-0.2, -0.15) is 0 Å². The van der Waals surface area contributed by atoms with Crippen LogP contribution in [0.2, 0.25) is 0 Å². The van der Waals surface area contributed by atoms with Crippen LogP contribution in [0.1, 0.15) is 24.2 Å². The van der Waals surface area contributed by atoms with Gasteiger partial charge in [-0.3, -0.25) is 9.69 Å². The minimum atomic E-state index is 0.0589. The van der Waals surface area contributed by atoms with Crippen LogP contribution in [0.15, 0.2) is 18.3 Å². The number of carbonyl (C=O) groups is 1. The fraction of sp³-hybridized carbons (Fsp3) is 0.625. The van der Waals surface area contributed by atoms with Crippen LogP contribution in [-0.2, 0) is 4.74 Å². The van der Waals surface area contributed by atoms with Gasteiger partial charge in [0.1, 0.15) is 5.82 Å². The van der Waals surface area contributed by atoms with Gasteiger partial charge in [-0.1, -0.05) is 0 Å². The van der Waals surface area contributed by atoms with E-state index in [4.69, 9.17) is 4.74 Å². The fourth-order valence-corrected chi connectivity index (χ4v) is 2.52. The van der Waals surface area contributed by atoms with E-state index in [2.05, 4.69) is 15.2 Å². The van der Waals surface area contributed by atoms with Crippen LogP contribution in [0.25, 0.3) is 0 Å². The van der Waals surface area contributed by atoms with Crippen molar-refractivity contribution in [2.24, 2.45) is 0 Å². The Hall–Kier alpha value is -1.66. The Morgan fingerprint density at radius 1 is 1.36 bits per heavy atom. The van der Waals surface area contributed by atoms with E-state index >= 15 is 0 Å². The van der Waals surface area contributed by atoms with Gasteiger partial charge in [0, 0.05) is 51.0 Å². The Morgan fingerprint density at radius 2 is 2.09 bits per heavy atom. The molecule has 0 atom stereocenters. The summed E-state index contributed by atoms with van der Waals surface area (Å²) in [4.78, 5) is 20.8. The van der Waals surface area contributed by atoms with Crippen molar-refractivity contribution in [3.63, 3.8) is 0 Å². The van der Waals surface area contributed by atoms with Crippen LogP contribution in [0.5, 0.6) is 0 Å². The lowest BCUT2D eigenvalue weighted by Gasteiger charge is -2.26. The first kappa shape index (κ1) is 16.7. The van der Waals surface area contributed by atoms with Crippen molar-refractivity contribution in [1.29, 1.82) is 0 Å². The minimum Gasteiger partial charge on any atom is -0.379 e. The number of ether oxygens (including phenoxy) is 1. The first-order valence-electron chi connectivity index (χ1n) is 8.04. The molecule has 1 aliphatic rings. The average molecular weight is 306 g/mol. The molecule has 6 nitrogen and oxygen atoms in total. The third-order valence-electron chi connectivity index (χ3n) is 3.90. The average Bonchev–Trinajstić information content (AvgIpc) is 2.57. The van der Waals surface area contributed by atoms with Gasteiger partial charge in [0.25, 0.3) is 5.91 Å². The highest BCUT2D eigenvalue weighted by Gasteiger charge is 2.13. The van der Waals surface area contributed by atoms with E-state index in [-0.39, 0.29) is 5.91 Å². The molecule has 0 unspecified atom stereocenters. The van der Waals surface area contributed by atoms with Gasteiger partial charge in [-0.15, -0.1) is 0 Å². The Morgan fingerprint density at radius 3 is 2.77 bits per heavy atom. The summed E-state index contributed by atoms with van der Waals surface area (Å²) in [7, 11) is 0. The molecular formula is C16H26N4O2. The first-order chi connectivity index (χ1) is 10.7. The van der Waals surface area contributed by atoms with E-state index in [0.29, 0.717) is 5.56 Å². The topological polar surface area (TPSA) is 57.7 Å². The number of rotatable bonds is 7. The maximum Gasteiger partial charge on any atom is 0.254 e.